The number of hydrogen-bond donors (Lipinski definition) is 1. The van der Waals surface area contributed by atoms with Gasteiger partial charge in [0.15, 0.2) is 5.82 Å². The van der Waals surface area contributed by atoms with Crippen molar-refractivity contribution in [3.63, 3.8) is 0 Å². The lowest BCUT2D eigenvalue weighted by atomic mass is 9.78. The first-order valence-electron chi connectivity index (χ1n) is 13.7. The highest BCUT2D eigenvalue weighted by Crippen LogP contribution is 2.42. The van der Waals surface area contributed by atoms with Crippen LogP contribution in [0, 0.1) is 11.6 Å². The highest BCUT2D eigenvalue weighted by molar-refractivity contribution is 7.90. The van der Waals surface area contributed by atoms with Crippen molar-refractivity contribution >= 4 is 19.7 Å². The first kappa shape index (κ1) is 34.0. The summed E-state index contributed by atoms with van der Waals surface area (Å²) in [5.74, 6) is -1.83. The van der Waals surface area contributed by atoms with Crippen LogP contribution in [0.4, 0.5) is 17.6 Å². The van der Waals surface area contributed by atoms with E-state index in [4.69, 9.17) is 9.16 Å². The lowest BCUT2D eigenvalue weighted by Crippen LogP contribution is -2.53. The molecule has 0 saturated carbocycles. The number of benzene rings is 3. The highest BCUT2D eigenvalue weighted by Gasteiger charge is 2.44. The van der Waals surface area contributed by atoms with E-state index in [-0.39, 0.29) is 22.8 Å². The number of nitrogens with one attached hydrogen (secondary N) is 1. The van der Waals surface area contributed by atoms with Crippen molar-refractivity contribution in [3.8, 4) is 11.5 Å². The van der Waals surface area contributed by atoms with Crippen LogP contribution in [0.2, 0.25) is 18.1 Å². The van der Waals surface area contributed by atoms with Gasteiger partial charge in [0.25, 0.3) is 8.32 Å². The van der Waals surface area contributed by atoms with Crippen LogP contribution < -0.4 is 13.9 Å². The van der Waals surface area contributed by atoms with Crippen molar-refractivity contribution in [3.05, 3.63) is 95.1 Å². The summed E-state index contributed by atoms with van der Waals surface area (Å²) in [6, 6.07) is 16.8. The molecule has 0 heterocycles. The zero-order valence-electron chi connectivity index (χ0n) is 25.7. The molecule has 3 aromatic rings. The third kappa shape index (κ3) is 8.30. The molecule has 42 heavy (non-hydrogen) atoms. The van der Waals surface area contributed by atoms with Gasteiger partial charge in [0.2, 0.25) is 0 Å². The Hall–Kier alpha value is -2.53. The van der Waals surface area contributed by atoms with Crippen molar-refractivity contribution in [2.45, 2.75) is 89.4 Å². The SMILES string of the molecule is CC(F)(F)Oc1cc(F)cc([C@@](Cc2ccccc2)(N[S@+]([O-])C(C)(C)C)c2ccc(O[Si](C)(C)C(C)(C)C)c(F)c2)c1. The predicted octanol–water partition coefficient (Wildman–Crippen LogP) is 8.88. The van der Waals surface area contributed by atoms with E-state index in [0.29, 0.717) is 12.5 Å². The third-order valence-corrected chi connectivity index (χ3v) is 13.4. The van der Waals surface area contributed by atoms with Gasteiger partial charge in [0.1, 0.15) is 27.6 Å². The molecule has 0 unspecified atom stereocenters. The zero-order chi connectivity index (χ0) is 31.7. The lowest BCUT2D eigenvalue weighted by molar-refractivity contribution is -0.159. The molecule has 0 aliphatic rings. The summed E-state index contributed by atoms with van der Waals surface area (Å²) < 4.78 is 85.7. The standard InChI is InChI=1S/C32H41F4NO3SSi/c1-29(2,3)41(38)37-32(21-22-13-11-10-12-14-22,24-17-25(33)20-26(18-24)39-31(7,35)36)23-15-16-28(27(34)19-23)40-42(8,9)30(4,5)6/h10-20,37H,21H2,1-9H3/t32-,41+/m0/s1. The fraction of sp³-hybridized carbons (Fsp3) is 0.438. The fourth-order valence-corrected chi connectivity index (χ4v) is 6.04. The molecule has 2 atom stereocenters. The van der Waals surface area contributed by atoms with E-state index in [2.05, 4.69) is 4.72 Å². The maximum Gasteiger partial charge on any atom is 0.394 e. The van der Waals surface area contributed by atoms with Gasteiger partial charge in [0, 0.05) is 30.8 Å². The molecule has 0 radical (unpaired) electrons. The molecule has 0 amide bonds. The molecule has 0 aliphatic heterocycles. The average molecular weight is 624 g/mol. The van der Waals surface area contributed by atoms with Gasteiger partial charge in [-0.15, -0.1) is 4.72 Å². The summed E-state index contributed by atoms with van der Waals surface area (Å²) in [4.78, 5) is 0. The second-order valence-electron chi connectivity index (χ2n) is 13.1. The summed E-state index contributed by atoms with van der Waals surface area (Å²) in [5.41, 5.74) is -0.325. The van der Waals surface area contributed by atoms with E-state index < -0.39 is 53.5 Å². The van der Waals surface area contributed by atoms with E-state index in [1.54, 1.807) is 26.8 Å². The number of alkyl halides is 2. The first-order valence-corrected chi connectivity index (χ1v) is 17.8. The number of hydrogen-bond acceptors (Lipinski definition) is 4. The molecule has 0 bridgehead atoms. The van der Waals surface area contributed by atoms with E-state index >= 15 is 8.78 Å². The average Bonchev–Trinajstić information content (AvgIpc) is 2.82. The van der Waals surface area contributed by atoms with Crippen molar-refractivity contribution in [2.24, 2.45) is 0 Å². The van der Waals surface area contributed by atoms with Gasteiger partial charge in [-0.2, -0.15) is 8.78 Å². The van der Waals surface area contributed by atoms with Gasteiger partial charge in [-0.3, -0.25) is 0 Å². The van der Waals surface area contributed by atoms with Crippen molar-refractivity contribution in [1.82, 2.24) is 4.72 Å². The second-order valence-corrected chi connectivity index (χ2v) is 19.8. The number of rotatable bonds is 10. The Morgan fingerprint density at radius 3 is 1.98 bits per heavy atom. The smallest absolute Gasteiger partial charge is 0.394 e. The predicted molar refractivity (Wildman–Crippen MR) is 164 cm³/mol. The molecular weight excluding hydrogens is 583 g/mol. The molecule has 0 fully saturated rings. The third-order valence-electron chi connectivity index (χ3n) is 7.39. The van der Waals surface area contributed by atoms with E-state index in [1.807, 2.05) is 64.2 Å². The Balaban J connectivity index is 2.32. The van der Waals surface area contributed by atoms with Gasteiger partial charge in [-0.25, -0.2) is 8.78 Å². The highest BCUT2D eigenvalue weighted by atomic mass is 32.2. The molecule has 3 rings (SSSR count). The van der Waals surface area contributed by atoms with Gasteiger partial charge < -0.3 is 13.7 Å². The van der Waals surface area contributed by atoms with Crippen LogP contribution in [0.5, 0.6) is 11.5 Å². The number of ether oxygens (including phenoxy) is 1. The molecule has 10 heteroatoms. The molecule has 0 aliphatic carbocycles. The summed E-state index contributed by atoms with van der Waals surface area (Å²) in [5, 5.41) is -0.181. The van der Waals surface area contributed by atoms with Gasteiger partial charge in [0.05, 0.1) is 0 Å². The minimum atomic E-state index is -3.58. The fourth-order valence-electron chi connectivity index (χ4n) is 4.09. The molecule has 4 nitrogen and oxygen atoms in total. The van der Waals surface area contributed by atoms with Crippen LogP contribution in [0.1, 0.15) is 65.2 Å². The Kier molecular flexibility index (Phi) is 9.88. The molecule has 3 aromatic carbocycles. The minimum absolute atomic E-state index is 0.0739. The van der Waals surface area contributed by atoms with Crippen molar-refractivity contribution < 1.29 is 31.3 Å². The van der Waals surface area contributed by atoms with E-state index in [9.17, 15) is 13.3 Å². The molecule has 0 spiro atoms. The first-order chi connectivity index (χ1) is 19.1. The molecule has 0 saturated heterocycles. The molecular formula is C32H41F4NO3SSi. The van der Waals surface area contributed by atoms with Gasteiger partial charge in [-0.1, -0.05) is 57.2 Å². The Morgan fingerprint density at radius 1 is 0.833 bits per heavy atom. The summed E-state index contributed by atoms with van der Waals surface area (Å²) >= 11 is -1.76. The van der Waals surface area contributed by atoms with Crippen LogP contribution in [0.3, 0.4) is 0 Å². The second kappa shape index (κ2) is 12.2. The molecule has 230 valence electrons. The van der Waals surface area contributed by atoms with Crippen LogP contribution in [-0.2, 0) is 23.3 Å². The van der Waals surface area contributed by atoms with E-state index in [0.717, 1.165) is 17.7 Å². The normalized spacial score (nSPS) is 15.2. The molecule has 0 aromatic heterocycles. The van der Waals surface area contributed by atoms with Crippen LogP contribution in [0.15, 0.2) is 66.7 Å². The maximum atomic E-state index is 15.9. The van der Waals surface area contributed by atoms with Crippen LogP contribution in [0.25, 0.3) is 0 Å². The summed E-state index contributed by atoms with van der Waals surface area (Å²) in [6.45, 7) is 16.0. The largest absolute Gasteiger partial charge is 0.598 e. The maximum absolute atomic E-state index is 15.9. The summed E-state index contributed by atoms with van der Waals surface area (Å²) in [7, 11) is -2.40. The van der Waals surface area contributed by atoms with Gasteiger partial charge in [-0.05, 0) is 79.9 Å². The zero-order valence-corrected chi connectivity index (χ0v) is 27.5. The lowest BCUT2D eigenvalue weighted by Gasteiger charge is -2.39. The van der Waals surface area contributed by atoms with Crippen LogP contribution in [-0.4, -0.2) is 23.7 Å². The Morgan fingerprint density at radius 2 is 1.45 bits per heavy atom. The van der Waals surface area contributed by atoms with Gasteiger partial charge >= 0.3 is 6.11 Å². The topological polar surface area (TPSA) is 53.5 Å². The summed E-state index contributed by atoms with van der Waals surface area (Å²) in [6.07, 6.45) is -3.49. The Bertz CT molecular complexity index is 1370. The Labute approximate surface area is 251 Å². The quantitative estimate of drug-likeness (QED) is 0.139. The van der Waals surface area contributed by atoms with Crippen molar-refractivity contribution in [2.75, 3.05) is 0 Å². The monoisotopic (exact) mass is 623 g/mol. The minimum Gasteiger partial charge on any atom is -0.598 e. The number of halogens is 4. The van der Waals surface area contributed by atoms with E-state index in [1.165, 1.54) is 18.2 Å². The van der Waals surface area contributed by atoms with Crippen LogP contribution >= 0.6 is 0 Å². The molecule has 1 N–H and O–H groups in total. The van der Waals surface area contributed by atoms with Crippen molar-refractivity contribution in [1.29, 1.82) is 0 Å².